The molecular formula is C23H24FN3O2. The Kier molecular flexibility index (Phi) is 4.49. The van der Waals surface area contributed by atoms with Gasteiger partial charge in [-0.05, 0) is 48.9 Å². The third-order valence-electron chi connectivity index (χ3n) is 5.94. The van der Waals surface area contributed by atoms with E-state index in [1.807, 2.05) is 16.7 Å². The molecular weight excluding hydrogens is 369 g/mol. The van der Waals surface area contributed by atoms with Gasteiger partial charge in [-0.3, -0.25) is 4.79 Å². The molecule has 5 nitrogen and oxygen atoms in total. The molecule has 0 bridgehead atoms. The van der Waals surface area contributed by atoms with Crippen LogP contribution in [0.25, 0.3) is 11.1 Å². The predicted molar refractivity (Wildman–Crippen MR) is 109 cm³/mol. The molecule has 0 spiro atoms. The van der Waals surface area contributed by atoms with E-state index in [9.17, 15) is 9.18 Å². The topological polar surface area (TPSA) is 49.6 Å². The maximum atomic E-state index is 13.4. The fourth-order valence-electron chi connectivity index (χ4n) is 4.12. The van der Waals surface area contributed by atoms with E-state index < -0.39 is 0 Å². The Balaban J connectivity index is 1.23. The second kappa shape index (κ2) is 7.17. The number of nitrogens with zero attached hydrogens (tertiary/aromatic N) is 3. The van der Waals surface area contributed by atoms with Gasteiger partial charge in [-0.2, -0.15) is 4.98 Å². The van der Waals surface area contributed by atoms with Crippen molar-refractivity contribution in [2.75, 3.05) is 24.5 Å². The van der Waals surface area contributed by atoms with Crippen molar-refractivity contribution in [1.29, 1.82) is 0 Å². The first-order valence-electron chi connectivity index (χ1n) is 10.3. The zero-order chi connectivity index (χ0) is 20.0. The largest absolute Gasteiger partial charge is 0.423 e. The Morgan fingerprint density at radius 3 is 2.69 bits per heavy atom. The molecule has 6 heteroatoms. The van der Waals surface area contributed by atoms with Crippen LogP contribution in [0.4, 0.5) is 10.4 Å². The number of piperazine rings is 1. The van der Waals surface area contributed by atoms with Gasteiger partial charge >= 0.3 is 0 Å². The van der Waals surface area contributed by atoms with E-state index in [0.29, 0.717) is 43.2 Å². The predicted octanol–water partition coefficient (Wildman–Crippen LogP) is 4.12. The van der Waals surface area contributed by atoms with Crippen LogP contribution in [-0.2, 0) is 11.2 Å². The molecule has 0 N–H and O–H groups in total. The molecule has 1 aromatic heterocycles. The number of halogens is 1. The summed E-state index contributed by atoms with van der Waals surface area (Å²) in [6, 6.07) is 13.4. The maximum Gasteiger partial charge on any atom is 0.298 e. The number of fused-ring (bicyclic) bond motifs is 1. The molecule has 1 saturated heterocycles. The molecule has 2 aromatic carbocycles. The highest BCUT2D eigenvalue weighted by molar-refractivity contribution is 5.79. The first-order chi connectivity index (χ1) is 14.1. The number of rotatable bonds is 4. The SMILES string of the molecule is CC1CN(c2nc3ccc(F)cc3o2)CCN1C(=O)Cc1ccc(C2CC2)cc1. The van der Waals surface area contributed by atoms with Crippen molar-refractivity contribution in [2.24, 2.45) is 0 Å². The lowest BCUT2D eigenvalue weighted by molar-refractivity contribution is -0.132. The van der Waals surface area contributed by atoms with Crippen molar-refractivity contribution in [2.45, 2.75) is 38.1 Å². The summed E-state index contributed by atoms with van der Waals surface area (Å²) in [6.07, 6.45) is 3.00. The standard InChI is InChI=1S/C23H24FN3O2/c1-15-14-26(23-25-20-9-8-19(24)13-21(20)29-23)10-11-27(15)22(28)12-16-2-4-17(5-3-16)18-6-7-18/h2-5,8-9,13,15,18H,6-7,10-12,14H2,1H3. The number of benzene rings is 2. The van der Waals surface area contributed by atoms with E-state index >= 15 is 0 Å². The van der Waals surface area contributed by atoms with Gasteiger partial charge in [-0.15, -0.1) is 0 Å². The van der Waals surface area contributed by atoms with Crippen LogP contribution in [-0.4, -0.2) is 41.5 Å². The number of carbonyl (C=O) groups is 1. The van der Waals surface area contributed by atoms with Crippen molar-refractivity contribution in [1.82, 2.24) is 9.88 Å². The van der Waals surface area contributed by atoms with Gasteiger partial charge in [0.15, 0.2) is 5.58 Å². The van der Waals surface area contributed by atoms with Gasteiger partial charge in [-0.25, -0.2) is 4.39 Å². The van der Waals surface area contributed by atoms with Crippen LogP contribution in [0.1, 0.15) is 36.8 Å². The van der Waals surface area contributed by atoms with Crippen LogP contribution in [0.5, 0.6) is 0 Å². The third kappa shape index (κ3) is 3.71. The molecule has 2 fully saturated rings. The van der Waals surface area contributed by atoms with Gasteiger partial charge in [0.25, 0.3) is 6.01 Å². The molecule has 2 heterocycles. The van der Waals surface area contributed by atoms with Crippen molar-refractivity contribution in [3.8, 4) is 0 Å². The Morgan fingerprint density at radius 1 is 1.17 bits per heavy atom. The van der Waals surface area contributed by atoms with Crippen molar-refractivity contribution in [3.63, 3.8) is 0 Å². The Labute approximate surface area is 169 Å². The highest BCUT2D eigenvalue weighted by Crippen LogP contribution is 2.39. The van der Waals surface area contributed by atoms with Crippen molar-refractivity contribution >= 4 is 23.0 Å². The molecule has 150 valence electrons. The number of hydrogen-bond acceptors (Lipinski definition) is 4. The third-order valence-corrected chi connectivity index (χ3v) is 5.94. The second-order valence-corrected chi connectivity index (χ2v) is 8.18. The zero-order valence-corrected chi connectivity index (χ0v) is 16.5. The van der Waals surface area contributed by atoms with Gasteiger partial charge in [-0.1, -0.05) is 24.3 Å². The van der Waals surface area contributed by atoms with Crippen LogP contribution < -0.4 is 4.90 Å². The van der Waals surface area contributed by atoms with Gasteiger partial charge in [0.05, 0.1) is 6.42 Å². The smallest absolute Gasteiger partial charge is 0.298 e. The fourth-order valence-corrected chi connectivity index (χ4v) is 4.12. The summed E-state index contributed by atoms with van der Waals surface area (Å²) < 4.78 is 19.1. The minimum atomic E-state index is -0.339. The molecule has 1 amide bonds. The quantitative estimate of drug-likeness (QED) is 0.669. The Hall–Kier alpha value is -2.89. The van der Waals surface area contributed by atoms with Crippen LogP contribution in [0.2, 0.25) is 0 Å². The van der Waals surface area contributed by atoms with Gasteiger partial charge in [0.1, 0.15) is 11.3 Å². The number of amides is 1. The molecule has 3 aromatic rings. The maximum absolute atomic E-state index is 13.4. The highest BCUT2D eigenvalue weighted by atomic mass is 19.1. The molecule has 29 heavy (non-hydrogen) atoms. The van der Waals surface area contributed by atoms with E-state index in [1.165, 1.54) is 30.5 Å². The second-order valence-electron chi connectivity index (χ2n) is 8.18. The number of carbonyl (C=O) groups excluding carboxylic acids is 1. The van der Waals surface area contributed by atoms with Gasteiger partial charge in [0.2, 0.25) is 5.91 Å². The summed E-state index contributed by atoms with van der Waals surface area (Å²) in [6.45, 7) is 3.95. The normalized spacial score (nSPS) is 19.7. The van der Waals surface area contributed by atoms with E-state index in [1.54, 1.807) is 6.07 Å². The lowest BCUT2D eigenvalue weighted by atomic mass is 10.0. The van der Waals surface area contributed by atoms with Crippen LogP contribution in [0.3, 0.4) is 0 Å². The number of hydrogen-bond donors (Lipinski definition) is 0. The number of anilines is 1. The Bertz CT molecular complexity index is 1040. The summed E-state index contributed by atoms with van der Waals surface area (Å²) >= 11 is 0. The first-order valence-corrected chi connectivity index (χ1v) is 10.3. The summed E-state index contributed by atoms with van der Waals surface area (Å²) in [5, 5.41) is 0. The van der Waals surface area contributed by atoms with E-state index in [0.717, 1.165) is 11.5 Å². The summed E-state index contributed by atoms with van der Waals surface area (Å²) in [5.41, 5.74) is 3.54. The van der Waals surface area contributed by atoms with E-state index in [2.05, 4.69) is 29.2 Å². The van der Waals surface area contributed by atoms with E-state index in [-0.39, 0.29) is 17.8 Å². The minimum absolute atomic E-state index is 0.0498. The van der Waals surface area contributed by atoms with Gasteiger partial charge < -0.3 is 14.2 Å². The van der Waals surface area contributed by atoms with Crippen molar-refractivity contribution < 1.29 is 13.6 Å². The molecule has 1 aliphatic heterocycles. The van der Waals surface area contributed by atoms with Crippen LogP contribution in [0.15, 0.2) is 46.9 Å². The van der Waals surface area contributed by atoms with Crippen molar-refractivity contribution in [3.05, 3.63) is 59.4 Å². The van der Waals surface area contributed by atoms with Crippen LogP contribution in [0, 0.1) is 5.82 Å². The summed E-state index contributed by atoms with van der Waals surface area (Å²) in [7, 11) is 0. The zero-order valence-electron chi connectivity index (χ0n) is 16.5. The highest BCUT2D eigenvalue weighted by Gasteiger charge is 2.30. The molecule has 1 saturated carbocycles. The molecule has 1 aliphatic carbocycles. The average molecular weight is 393 g/mol. The molecule has 1 unspecified atom stereocenters. The molecule has 2 aliphatic rings. The minimum Gasteiger partial charge on any atom is -0.423 e. The number of oxazole rings is 1. The lowest BCUT2D eigenvalue weighted by Crippen LogP contribution is -2.54. The van der Waals surface area contributed by atoms with Crippen LogP contribution >= 0.6 is 0 Å². The number of aromatic nitrogens is 1. The summed E-state index contributed by atoms with van der Waals surface area (Å²) in [4.78, 5) is 21.3. The lowest BCUT2D eigenvalue weighted by Gasteiger charge is -2.39. The van der Waals surface area contributed by atoms with E-state index in [4.69, 9.17) is 4.42 Å². The fraction of sp³-hybridized carbons (Fsp3) is 0.391. The molecule has 5 rings (SSSR count). The summed E-state index contributed by atoms with van der Waals surface area (Å²) in [5.74, 6) is 0.543. The average Bonchev–Trinajstić information content (AvgIpc) is 3.47. The molecule has 1 atom stereocenters. The molecule has 0 radical (unpaired) electrons. The monoisotopic (exact) mass is 393 g/mol. The first kappa shape index (κ1) is 18.2. The Morgan fingerprint density at radius 2 is 1.97 bits per heavy atom. The van der Waals surface area contributed by atoms with Gasteiger partial charge in [0, 0.05) is 31.7 Å².